The summed E-state index contributed by atoms with van der Waals surface area (Å²) in [5.74, 6) is 0.912. The average Bonchev–Trinajstić information content (AvgIpc) is 2.79. The van der Waals surface area contributed by atoms with Crippen molar-refractivity contribution in [3.05, 3.63) is 81.2 Å². The molecule has 1 aliphatic heterocycles. The third kappa shape index (κ3) is 3.99. The van der Waals surface area contributed by atoms with Gasteiger partial charge in [-0.3, -0.25) is 4.79 Å². The molecule has 0 unspecified atom stereocenters. The third-order valence-corrected chi connectivity index (χ3v) is 6.36. The Hall–Kier alpha value is -3.23. The number of nitrogens with zero attached hydrogens (tertiary/aromatic N) is 1. The van der Waals surface area contributed by atoms with Crippen molar-refractivity contribution in [3.63, 3.8) is 0 Å². The number of hydrogen-bond acceptors (Lipinski definition) is 5. The fourth-order valence-corrected chi connectivity index (χ4v) is 4.76. The van der Waals surface area contributed by atoms with Crippen LogP contribution in [0.4, 0.5) is 0 Å². The maximum absolute atomic E-state index is 13.4. The number of dihydropyridines is 1. The van der Waals surface area contributed by atoms with Gasteiger partial charge in [0.1, 0.15) is 0 Å². The number of ether oxygens (including phenoxy) is 2. The van der Waals surface area contributed by atoms with Crippen LogP contribution in [0.25, 0.3) is 0 Å². The number of rotatable bonds is 5. The highest BCUT2D eigenvalue weighted by atomic mass is 35.5. The van der Waals surface area contributed by atoms with E-state index in [0.717, 1.165) is 22.5 Å². The molecule has 0 radical (unpaired) electrons. The second kappa shape index (κ2) is 9.10. The molecular formula is C26H25ClN2O3. The molecule has 0 fully saturated rings. The van der Waals surface area contributed by atoms with Crippen LogP contribution in [0.1, 0.15) is 49.7 Å². The van der Waals surface area contributed by atoms with E-state index in [9.17, 15) is 10.1 Å². The highest BCUT2D eigenvalue weighted by molar-refractivity contribution is 6.30. The van der Waals surface area contributed by atoms with Gasteiger partial charge in [-0.05, 0) is 61.6 Å². The van der Waals surface area contributed by atoms with Gasteiger partial charge < -0.3 is 14.8 Å². The molecule has 5 nitrogen and oxygen atoms in total. The standard InChI is InChI=1S/C26H25ClN2O3/c1-4-32-23-10-7-17(13-24(23)31-3)25-20(14-28)15(2)29-21-11-18(12-22(30)26(21)25)16-5-8-19(27)9-6-16/h5-10,13,18,25,29H,4,11-12H2,1-3H3/t18-,25-/m1/s1. The zero-order valence-corrected chi connectivity index (χ0v) is 19.1. The zero-order valence-electron chi connectivity index (χ0n) is 18.4. The van der Waals surface area contributed by atoms with Gasteiger partial charge in [-0.15, -0.1) is 0 Å². The molecule has 0 bridgehead atoms. The summed E-state index contributed by atoms with van der Waals surface area (Å²) in [7, 11) is 1.59. The molecule has 0 aromatic heterocycles. The lowest BCUT2D eigenvalue weighted by atomic mass is 9.72. The van der Waals surface area contributed by atoms with Crippen molar-refractivity contribution < 1.29 is 14.3 Å². The maximum atomic E-state index is 13.4. The van der Waals surface area contributed by atoms with Crippen molar-refractivity contribution in [2.45, 2.75) is 38.5 Å². The van der Waals surface area contributed by atoms with Crippen LogP contribution in [0.3, 0.4) is 0 Å². The fraction of sp³-hybridized carbons (Fsp3) is 0.308. The van der Waals surface area contributed by atoms with Gasteiger partial charge in [-0.25, -0.2) is 0 Å². The van der Waals surface area contributed by atoms with Crippen molar-refractivity contribution >= 4 is 17.4 Å². The first kappa shape index (κ1) is 22.0. The van der Waals surface area contributed by atoms with Crippen LogP contribution in [-0.4, -0.2) is 19.5 Å². The predicted octanol–water partition coefficient (Wildman–Crippen LogP) is 5.63. The fourth-order valence-electron chi connectivity index (χ4n) is 4.63. The van der Waals surface area contributed by atoms with Gasteiger partial charge in [0.15, 0.2) is 17.3 Å². The summed E-state index contributed by atoms with van der Waals surface area (Å²) in [6, 6.07) is 15.6. The number of carbonyl (C=O) groups is 1. The lowest BCUT2D eigenvalue weighted by Crippen LogP contribution is -2.33. The van der Waals surface area contributed by atoms with Gasteiger partial charge >= 0.3 is 0 Å². The van der Waals surface area contributed by atoms with E-state index >= 15 is 0 Å². The minimum Gasteiger partial charge on any atom is -0.493 e. The molecule has 4 rings (SSSR count). The Morgan fingerprint density at radius 1 is 1.12 bits per heavy atom. The summed E-state index contributed by atoms with van der Waals surface area (Å²) < 4.78 is 11.2. The van der Waals surface area contributed by atoms with Crippen LogP contribution in [-0.2, 0) is 4.79 Å². The number of halogens is 1. The summed E-state index contributed by atoms with van der Waals surface area (Å²) in [6.45, 7) is 4.32. The minimum atomic E-state index is -0.431. The van der Waals surface area contributed by atoms with E-state index in [2.05, 4.69) is 11.4 Å². The number of nitrogens with one attached hydrogen (secondary N) is 1. The summed E-state index contributed by atoms with van der Waals surface area (Å²) in [5.41, 5.74) is 4.80. The molecule has 1 heterocycles. The van der Waals surface area contributed by atoms with E-state index < -0.39 is 5.92 Å². The summed E-state index contributed by atoms with van der Waals surface area (Å²) in [5, 5.41) is 14.0. The highest BCUT2D eigenvalue weighted by Gasteiger charge is 2.39. The van der Waals surface area contributed by atoms with E-state index in [1.807, 2.05) is 56.3 Å². The first-order valence-corrected chi connectivity index (χ1v) is 11.0. The average molecular weight is 449 g/mol. The molecule has 1 N–H and O–H groups in total. The molecular weight excluding hydrogens is 424 g/mol. The normalized spacial score (nSPS) is 20.4. The molecule has 0 amide bonds. The van der Waals surface area contributed by atoms with Crippen molar-refractivity contribution in [2.75, 3.05) is 13.7 Å². The van der Waals surface area contributed by atoms with Gasteiger partial charge in [-0.2, -0.15) is 5.26 Å². The Morgan fingerprint density at radius 3 is 2.50 bits per heavy atom. The molecule has 0 spiro atoms. The second-order valence-corrected chi connectivity index (χ2v) is 8.46. The van der Waals surface area contributed by atoms with E-state index in [1.54, 1.807) is 7.11 Å². The third-order valence-electron chi connectivity index (χ3n) is 6.11. The molecule has 1 aliphatic carbocycles. The van der Waals surface area contributed by atoms with Gasteiger partial charge in [-0.1, -0.05) is 29.8 Å². The maximum Gasteiger partial charge on any atom is 0.162 e. The number of ketones is 1. The van der Waals surface area contributed by atoms with E-state index in [0.29, 0.717) is 47.1 Å². The lowest BCUT2D eigenvalue weighted by Gasteiger charge is -2.35. The second-order valence-electron chi connectivity index (χ2n) is 8.02. The first-order valence-electron chi connectivity index (χ1n) is 10.7. The molecule has 0 saturated heterocycles. The van der Waals surface area contributed by atoms with Crippen LogP contribution in [0, 0.1) is 11.3 Å². The molecule has 2 aromatic carbocycles. The monoisotopic (exact) mass is 448 g/mol. The summed E-state index contributed by atoms with van der Waals surface area (Å²) in [4.78, 5) is 13.4. The summed E-state index contributed by atoms with van der Waals surface area (Å²) in [6.07, 6.45) is 1.09. The smallest absolute Gasteiger partial charge is 0.162 e. The van der Waals surface area contributed by atoms with Crippen LogP contribution in [0.2, 0.25) is 5.02 Å². The number of Topliss-reactive ketones (excluding diaryl/α,β-unsaturated/α-hetero) is 1. The van der Waals surface area contributed by atoms with Crippen LogP contribution in [0.15, 0.2) is 65.0 Å². The SMILES string of the molecule is CCOc1ccc([C@@H]2C(C#N)=C(C)NC3=C2C(=O)C[C@H](c2ccc(Cl)cc2)C3)cc1OC. The Labute approximate surface area is 193 Å². The van der Waals surface area contributed by atoms with Crippen molar-refractivity contribution in [1.29, 1.82) is 5.26 Å². The number of hydrogen-bond donors (Lipinski definition) is 1. The molecule has 2 aliphatic rings. The van der Waals surface area contributed by atoms with Gasteiger partial charge in [0.05, 0.1) is 31.3 Å². The zero-order chi connectivity index (χ0) is 22.8. The molecule has 164 valence electrons. The van der Waals surface area contributed by atoms with E-state index in [1.165, 1.54) is 0 Å². The largest absolute Gasteiger partial charge is 0.493 e. The van der Waals surface area contributed by atoms with Crippen LogP contribution >= 0.6 is 11.6 Å². The Bertz CT molecular complexity index is 1160. The highest BCUT2D eigenvalue weighted by Crippen LogP contribution is 2.46. The minimum absolute atomic E-state index is 0.0526. The van der Waals surface area contributed by atoms with Crippen molar-refractivity contribution in [1.82, 2.24) is 5.32 Å². The molecule has 2 aromatic rings. The lowest BCUT2D eigenvalue weighted by molar-refractivity contribution is -0.116. The quantitative estimate of drug-likeness (QED) is 0.641. The number of benzene rings is 2. The van der Waals surface area contributed by atoms with Crippen molar-refractivity contribution in [3.8, 4) is 17.6 Å². The van der Waals surface area contributed by atoms with Crippen LogP contribution in [0.5, 0.6) is 11.5 Å². The van der Waals surface area contributed by atoms with Gasteiger partial charge in [0, 0.05) is 28.4 Å². The molecule has 0 saturated carbocycles. The Morgan fingerprint density at radius 2 is 1.84 bits per heavy atom. The molecule has 32 heavy (non-hydrogen) atoms. The summed E-state index contributed by atoms with van der Waals surface area (Å²) >= 11 is 6.04. The van der Waals surface area contributed by atoms with Crippen molar-refractivity contribution in [2.24, 2.45) is 0 Å². The number of allylic oxidation sites excluding steroid dienone is 4. The number of nitriles is 1. The van der Waals surface area contributed by atoms with E-state index in [-0.39, 0.29) is 11.7 Å². The Kier molecular flexibility index (Phi) is 6.25. The Balaban J connectivity index is 1.77. The number of methoxy groups -OCH3 is 1. The van der Waals surface area contributed by atoms with E-state index in [4.69, 9.17) is 21.1 Å². The number of carbonyl (C=O) groups excluding carboxylic acids is 1. The molecule has 6 heteroatoms. The first-order chi connectivity index (χ1) is 15.5. The van der Waals surface area contributed by atoms with Gasteiger partial charge in [0.25, 0.3) is 0 Å². The van der Waals surface area contributed by atoms with Gasteiger partial charge in [0.2, 0.25) is 0 Å². The predicted molar refractivity (Wildman–Crippen MR) is 124 cm³/mol. The van der Waals surface area contributed by atoms with Crippen LogP contribution < -0.4 is 14.8 Å². The topological polar surface area (TPSA) is 71.3 Å². The molecule has 2 atom stereocenters.